The maximum atomic E-state index is 12.9. The summed E-state index contributed by atoms with van der Waals surface area (Å²) in [5, 5.41) is 5.92. The third kappa shape index (κ3) is 3.91. The number of nitrogens with zero attached hydrogens (tertiary/aromatic N) is 3. The van der Waals surface area contributed by atoms with Crippen LogP contribution in [0, 0.1) is 0 Å². The largest absolute Gasteiger partial charge is 0.497 e. The van der Waals surface area contributed by atoms with E-state index in [0.29, 0.717) is 26.2 Å². The molecule has 1 aromatic heterocycles. The molecule has 10 heteroatoms. The average Bonchev–Trinajstić information content (AvgIpc) is 3.19. The van der Waals surface area contributed by atoms with Gasteiger partial charge >= 0.3 is 5.97 Å². The highest BCUT2D eigenvalue weighted by molar-refractivity contribution is 7.89. The molecule has 0 amide bonds. The van der Waals surface area contributed by atoms with Crippen LogP contribution >= 0.6 is 0 Å². The number of nitrogens with one attached hydrogen (secondary N) is 1. The summed E-state index contributed by atoms with van der Waals surface area (Å²) < 4.78 is 37.3. The normalized spacial score (nSPS) is 15.6. The lowest BCUT2D eigenvalue weighted by molar-refractivity contribution is 0.0521. The van der Waals surface area contributed by atoms with Gasteiger partial charge in [-0.15, -0.1) is 0 Å². The lowest BCUT2D eigenvalue weighted by atomic mass is 10.2. The molecule has 1 saturated heterocycles. The summed E-state index contributed by atoms with van der Waals surface area (Å²) in [6.45, 7) is 3.44. The summed E-state index contributed by atoms with van der Waals surface area (Å²) in [5.41, 5.74) is 0.896. The number of rotatable bonds is 6. The van der Waals surface area contributed by atoms with Gasteiger partial charge in [-0.25, -0.2) is 13.2 Å². The minimum atomic E-state index is -3.87. The lowest BCUT2D eigenvalue weighted by Gasteiger charge is -2.35. The molecule has 0 aliphatic carbocycles. The molecule has 0 bridgehead atoms. The van der Waals surface area contributed by atoms with E-state index in [-0.39, 0.29) is 17.2 Å². The summed E-state index contributed by atoms with van der Waals surface area (Å²) in [6, 6.07) is 7.63. The second-order valence-electron chi connectivity index (χ2n) is 5.93. The van der Waals surface area contributed by atoms with Crippen LogP contribution in [0.25, 0.3) is 0 Å². The van der Waals surface area contributed by atoms with Gasteiger partial charge in [0, 0.05) is 37.9 Å². The van der Waals surface area contributed by atoms with Gasteiger partial charge in [0.25, 0.3) is 10.0 Å². The number of hydrogen-bond acceptors (Lipinski definition) is 7. The summed E-state index contributed by atoms with van der Waals surface area (Å²) in [6.07, 6.45) is 1.18. The third-order valence-corrected chi connectivity index (χ3v) is 6.23. The third-order valence-electron chi connectivity index (χ3n) is 4.35. The van der Waals surface area contributed by atoms with Crippen molar-refractivity contribution in [2.24, 2.45) is 0 Å². The average molecular weight is 394 g/mol. The van der Waals surface area contributed by atoms with E-state index in [9.17, 15) is 13.2 Å². The number of esters is 1. The predicted molar refractivity (Wildman–Crippen MR) is 98.5 cm³/mol. The van der Waals surface area contributed by atoms with Crippen LogP contribution in [0.3, 0.4) is 0 Å². The highest BCUT2D eigenvalue weighted by Gasteiger charge is 2.33. The number of aromatic amines is 1. The van der Waals surface area contributed by atoms with Gasteiger partial charge in [-0.05, 0) is 19.1 Å². The van der Waals surface area contributed by atoms with Crippen molar-refractivity contribution in [1.82, 2.24) is 14.5 Å². The van der Waals surface area contributed by atoms with E-state index < -0.39 is 16.0 Å². The fraction of sp³-hybridized carbons (Fsp3) is 0.412. The zero-order valence-electron chi connectivity index (χ0n) is 15.2. The van der Waals surface area contributed by atoms with E-state index in [1.54, 1.807) is 14.0 Å². The summed E-state index contributed by atoms with van der Waals surface area (Å²) in [5.74, 6) is 0.0407. The predicted octanol–water partition coefficient (Wildman–Crippen LogP) is 1.11. The highest BCUT2D eigenvalue weighted by atomic mass is 32.2. The van der Waals surface area contributed by atoms with Crippen molar-refractivity contribution in [2.45, 2.75) is 11.9 Å². The first-order valence-electron chi connectivity index (χ1n) is 8.57. The number of anilines is 1. The van der Waals surface area contributed by atoms with Gasteiger partial charge in [-0.3, -0.25) is 5.10 Å². The van der Waals surface area contributed by atoms with Gasteiger partial charge in [-0.1, -0.05) is 6.07 Å². The number of aromatic nitrogens is 2. The van der Waals surface area contributed by atoms with E-state index in [1.165, 1.54) is 10.5 Å². The molecular formula is C17H22N4O5S. The van der Waals surface area contributed by atoms with Crippen molar-refractivity contribution < 1.29 is 22.7 Å². The van der Waals surface area contributed by atoms with Crippen LogP contribution in [0.4, 0.5) is 5.69 Å². The Morgan fingerprint density at radius 3 is 2.67 bits per heavy atom. The Morgan fingerprint density at radius 1 is 1.26 bits per heavy atom. The number of carbonyl (C=O) groups is 1. The smallest absolute Gasteiger partial charge is 0.342 e. The van der Waals surface area contributed by atoms with Crippen molar-refractivity contribution in [2.75, 3.05) is 44.8 Å². The molecule has 2 heterocycles. The van der Waals surface area contributed by atoms with Crippen molar-refractivity contribution in [3.63, 3.8) is 0 Å². The van der Waals surface area contributed by atoms with E-state index in [4.69, 9.17) is 9.47 Å². The molecule has 1 aromatic carbocycles. The Labute approximate surface area is 157 Å². The van der Waals surface area contributed by atoms with E-state index in [1.807, 2.05) is 24.3 Å². The molecule has 1 fully saturated rings. The molecule has 1 N–H and O–H groups in total. The minimum absolute atomic E-state index is 0.0768. The Hall–Kier alpha value is -2.59. The quantitative estimate of drug-likeness (QED) is 0.732. The Balaban J connectivity index is 1.74. The van der Waals surface area contributed by atoms with Crippen LogP contribution in [0.5, 0.6) is 5.75 Å². The molecule has 0 atom stereocenters. The number of benzene rings is 1. The van der Waals surface area contributed by atoms with E-state index in [0.717, 1.165) is 11.4 Å². The minimum Gasteiger partial charge on any atom is -0.497 e. The fourth-order valence-corrected chi connectivity index (χ4v) is 4.43. The number of H-pyrrole nitrogens is 1. The molecule has 2 aromatic rings. The fourth-order valence-electron chi connectivity index (χ4n) is 2.95. The maximum Gasteiger partial charge on any atom is 0.342 e. The molecule has 1 aliphatic heterocycles. The van der Waals surface area contributed by atoms with Crippen LogP contribution < -0.4 is 9.64 Å². The molecule has 3 rings (SSSR count). The highest BCUT2D eigenvalue weighted by Crippen LogP contribution is 2.24. The molecule has 0 unspecified atom stereocenters. The van der Waals surface area contributed by atoms with Crippen molar-refractivity contribution >= 4 is 21.7 Å². The molecule has 27 heavy (non-hydrogen) atoms. The number of carbonyl (C=O) groups excluding carboxylic acids is 1. The molecule has 0 radical (unpaired) electrons. The van der Waals surface area contributed by atoms with E-state index >= 15 is 0 Å². The number of methoxy groups -OCH3 is 1. The first-order chi connectivity index (χ1) is 13.0. The number of ether oxygens (including phenoxy) is 2. The molecule has 0 spiro atoms. The number of piperazine rings is 1. The molecule has 0 saturated carbocycles. The second kappa shape index (κ2) is 7.97. The topological polar surface area (TPSA) is 105 Å². The zero-order chi connectivity index (χ0) is 19.4. The molecule has 1 aliphatic rings. The van der Waals surface area contributed by atoms with Gasteiger partial charge in [0.05, 0.1) is 19.9 Å². The second-order valence-corrected chi connectivity index (χ2v) is 7.80. The first kappa shape index (κ1) is 19.2. The number of hydrogen-bond donors (Lipinski definition) is 1. The Kier molecular flexibility index (Phi) is 5.66. The van der Waals surface area contributed by atoms with Crippen molar-refractivity contribution in [3.05, 3.63) is 36.0 Å². The molecule has 146 valence electrons. The van der Waals surface area contributed by atoms with Crippen LogP contribution in [0.15, 0.2) is 35.5 Å². The summed E-state index contributed by atoms with van der Waals surface area (Å²) >= 11 is 0. The van der Waals surface area contributed by atoms with Crippen LogP contribution in [-0.4, -0.2) is 68.8 Å². The molecular weight excluding hydrogens is 372 g/mol. The molecule has 9 nitrogen and oxygen atoms in total. The standard InChI is InChI=1S/C17H22N4O5S/c1-3-26-17(22)15-12-18-19-16(15)27(23,24)21-9-7-20(8-10-21)13-5-4-6-14(11-13)25-2/h4-6,11-12H,3,7-10H2,1-2H3,(H,18,19). The number of sulfonamides is 1. The first-order valence-corrected chi connectivity index (χ1v) is 10.0. The lowest BCUT2D eigenvalue weighted by Crippen LogP contribution is -2.49. The Bertz CT molecular complexity index is 904. The van der Waals surface area contributed by atoms with Gasteiger partial charge in [0.15, 0.2) is 5.03 Å². The SMILES string of the molecule is CCOC(=O)c1cn[nH]c1S(=O)(=O)N1CCN(c2cccc(OC)c2)CC1. The van der Waals surface area contributed by atoms with Crippen molar-refractivity contribution in [3.8, 4) is 5.75 Å². The van der Waals surface area contributed by atoms with Gasteiger partial charge in [0.1, 0.15) is 11.3 Å². The van der Waals surface area contributed by atoms with Gasteiger partial charge in [-0.2, -0.15) is 9.40 Å². The zero-order valence-corrected chi connectivity index (χ0v) is 16.0. The Morgan fingerprint density at radius 2 is 2.00 bits per heavy atom. The van der Waals surface area contributed by atoms with Crippen LogP contribution in [0.2, 0.25) is 0 Å². The maximum absolute atomic E-state index is 12.9. The summed E-state index contributed by atoms with van der Waals surface area (Å²) in [4.78, 5) is 14.1. The van der Waals surface area contributed by atoms with E-state index in [2.05, 4.69) is 15.1 Å². The van der Waals surface area contributed by atoms with Gasteiger partial charge < -0.3 is 14.4 Å². The van der Waals surface area contributed by atoms with Crippen LogP contribution in [-0.2, 0) is 14.8 Å². The van der Waals surface area contributed by atoms with Gasteiger partial charge in [0.2, 0.25) is 0 Å². The van der Waals surface area contributed by atoms with Crippen LogP contribution in [0.1, 0.15) is 17.3 Å². The monoisotopic (exact) mass is 394 g/mol. The van der Waals surface area contributed by atoms with Crippen molar-refractivity contribution in [1.29, 1.82) is 0 Å². The summed E-state index contributed by atoms with van der Waals surface area (Å²) in [7, 11) is -2.26.